The Bertz CT molecular complexity index is 719. The van der Waals surface area contributed by atoms with Gasteiger partial charge >= 0.3 is 5.69 Å². The van der Waals surface area contributed by atoms with Gasteiger partial charge < -0.3 is 5.32 Å². The lowest BCUT2D eigenvalue weighted by atomic mass is 10.2. The monoisotopic (exact) mass is 389 g/mol. The summed E-state index contributed by atoms with van der Waals surface area (Å²) >= 11 is 14.7. The molecule has 0 saturated heterocycles. The number of pyridine rings is 1. The third kappa shape index (κ3) is 3.90. The van der Waals surface area contributed by atoms with Crippen LogP contribution in [-0.2, 0) is 0 Å². The first kappa shape index (κ1) is 15.7. The SMILES string of the molecule is O=C(Nc1nc(Cl)ccc1[N+](=O)[O-])c1cc(Cl)cc(Br)c1. The van der Waals surface area contributed by atoms with Crippen molar-refractivity contribution < 1.29 is 9.72 Å². The lowest BCUT2D eigenvalue weighted by Crippen LogP contribution is -2.14. The van der Waals surface area contributed by atoms with Gasteiger partial charge in [0.1, 0.15) is 5.15 Å². The fourth-order valence-corrected chi connectivity index (χ4v) is 2.54. The van der Waals surface area contributed by atoms with E-state index in [0.29, 0.717) is 9.50 Å². The maximum atomic E-state index is 12.1. The van der Waals surface area contributed by atoms with Gasteiger partial charge in [-0.25, -0.2) is 4.98 Å². The number of benzene rings is 1. The first-order valence-corrected chi connectivity index (χ1v) is 7.00. The van der Waals surface area contributed by atoms with E-state index in [-0.39, 0.29) is 22.2 Å². The fourth-order valence-electron chi connectivity index (χ4n) is 1.53. The lowest BCUT2D eigenvalue weighted by Gasteiger charge is -2.06. The zero-order chi connectivity index (χ0) is 15.6. The highest BCUT2D eigenvalue weighted by molar-refractivity contribution is 9.10. The predicted octanol–water partition coefficient (Wildman–Crippen LogP) is 4.31. The number of aromatic nitrogens is 1. The van der Waals surface area contributed by atoms with Gasteiger partial charge in [0, 0.05) is 21.1 Å². The molecular formula is C12H6BrCl2N3O3. The number of amides is 1. The Morgan fingerprint density at radius 2 is 2.00 bits per heavy atom. The van der Waals surface area contributed by atoms with Gasteiger partial charge in [0.2, 0.25) is 5.82 Å². The summed E-state index contributed by atoms with van der Waals surface area (Å²) in [5.74, 6) is -0.815. The smallest absolute Gasteiger partial charge is 0.301 e. The van der Waals surface area contributed by atoms with Gasteiger partial charge in [-0.2, -0.15) is 0 Å². The Kier molecular flexibility index (Phi) is 4.76. The van der Waals surface area contributed by atoms with E-state index in [1.807, 2.05) is 0 Å². The van der Waals surface area contributed by atoms with E-state index < -0.39 is 10.8 Å². The number of carbonyl (C=O) groups is 1. The van der Waals surface area contributed by atoms with Crippen LogP contribution >= 0.6 is 39.1 Å². The van der Waals surface area contributed by atoms with Crippen LogP contribution in [0.3, 0.4) is 0 Å². The molecule has 0 bridgehead atoms. The molecule has 0 unspecified atom stereocenters. The van der Waals surface area contributed by atoms with Crippen LogP contribution in [0.15, 0.2) is 34.8 Å². The first-order chi connectivity index (χ1) is 9.86. The van der Waals surface area contributed by atoms with Crippen LogP contribution in [-0.4, -0.2) is 15.8 Å². The zero-order valence-electron chi connectivity index (χ0n) is 10.1. The van der Waals surface area contributed by atoms with Crippen LogP contribution in [0.4, 0.5) is 11.5 Å². The minimum Gasteiger partial charge on any atom is -0.301 e. The summed E-state index contributed by atoms with van der Waals surface area (Å²) in [6, 6.07) is 7.00. The van der Waals surface area contributed by atoms with Crippen molar-refractivity contribution in [2.75, 3.05) is 5.32 Å². The van der Waals surface area contributed by atoms with E-state index in [1.165, 1.54) is 24.3 Å². The fraction of sp³-hybridized carbons (Fsp3) is 0. The summed E-state index contributed by atoms with van der Waals surface area (Å²) in [7, 11) is 0. The van der Waals surface area contributed by atoms with Crippen molar-refractivity contribution in [3.8, 4) is 0 Å². The van der Waals surface area contributed by atoms with Gasteiger partial charge in [0.15, 0.2) is 0 Å². The van der Waals surface area contributed by atoms with Crippen LogP contribution in [0.25, 0.3) is 0 Å². The highest BCUT2D eigenvalue weighted by atomic mass is 79.9. The molecule has 0 aliphatic rings. The number of nitrogens with zero attached hydrogens (tertiary/aromatic N) is 2. The average Bonchev–Trinajstić information content (AvgIpc) is 2.37. The second-order valence-corrected chi connectivity index (χ2v) is 5.61. The van der Waals surface area contributed by atoms with Gasteiger partial charge in [-0.05, 0) is 24.3 Å². The molecule has 2 rings (SSSR count). The summed E-state index contributed by atoms with van der Waals surface area (Å²) in [6.45, 7) is 0. The highest BCUT2D eigenvalue weighted by Crippen LogP contribution is 2.25. The van der Waals surface area contributed by atoms with Gasteiger partial charge in [-0.3, -0.25) is 14.9 Å². The molecule has 0 fully saturated rings. The first-order valence-electron chi connectivity index (χ1n) is 5.45. The molecule has 1 aromatic carbocycles. The van der Waals surface area contributed by atoms with Crippen molar-refractivity contribution in [1.82, 2.24) is 4.98 Å². The number of hydrogen-bond acceptors (Lipinski definition) is 4. The Hall–Kier alpha value is -1.70. The summed E-state index contributed by atoms with van der Waals surface area (Å²) in [5, 5.41) is 13.6. The second-order valence-electron chi connectivity index (χ2n) is 3.87. The maximum Gasteiger partial charge on any atom is 0.311 e. The standard InChI is InChI=1S/C12H6BrCl2N3O3/c13-7-3-6(4-8(14)5-7)12(19)17-11-9(18(20)21)1-2-10(15)16-11/h1-5H,(H,16,17,19). The molecule has 0 spiro atoms. The summed E-state index contributed by atoms with van der Waals surface area (Å²) in [5.41, 5.74) is -0.126. The number of anilines is 1. The predicted molar refractivity (Wildman–Crippen MR) is 83.0 cm³/mol. The quantitative estimate of drug-likeness (QED) is 0.480. The minimum atomic E-state index is -0.660. The Labute approximate surface area is 137 Å². The van der Waals surface area contributed by atoms with Crippen LogP contribution in [0, 0.1) is 10.1 Å². The molecule has 1 amide bonds. The number of hydrogen-bond donors (Lipinski definition) is 1. The summed E-state index contributed by atoms with van der Waals surface area (Å²) in [6.07, 6.45) is 0. The van der Waals surface area contributed by atoms with E-state index in [4.69, 9.17) is 23.2 Å². The Morgan fingerprint density at radius 1 is 1.29 bits per heavy atom. The van der Waals surface area contributed by atoms with Crippen LogP contribution in [0.1, 0.15) is 10.4 Å². The van der Waals surface area contributed by atoms with Crippen LogP contribution < -0.4 is 5.32 Å². The molecule has 1 aromatic heterocycles. The average molecular weight is 391 g/mol. The minimum absolute atomic E-state index is 0.0307. The molecule has 1 N–H and O–H groups in total. The third-order valence-electron chi connectivity index (χ3n) is 2.39. The highest BCUT2D eigenvalue weighted by Gasteiger charge is 2.19. The van der Waals surface area contributed by atoms with Crippen molar-refractivity contribution >= 4 is 56.5 Å². The molecule has 0 aliphatic heterocycles. The molecule has 0 aliphatic carbocycles. The normalized spacial score (nSPS) is 10.2. The molecule has 9 heteroatoms. The van der Waals surface area contributed by atoms with Crippen LogP contribution in [0.5, 0.6) is 0 Å². The van der Waals surface area contributed by atoms with Gasteiger partial charge in [0.05, 0.1) is 4.92 Å². The molecule has 0 saturated carbocycles. The van der Waals surface area contributed by atoms with Crippen molar-refractivity contribution in [3.05, 3.63) is 60.7 Å². The van der Waals surface area contributed by atoms with Gasteiger partial charge in [-0.15, -0.1) is 0 Å². The molecular weight excluding hydrogens is 385 g/mol. The molecule has 6 nitrogen and oxygen atoms in total. The molecule has 2 aromatic rings. The number of halogens is 3. The number of carbonyl (C=O) groups excluding carboxylic acids is 1. The van der Waals surface area contributed by atoms with E-state index in [2.05, 4.69) is 26.2 Å². The molecule has 0 radical (unpaired) electrons. The van der Waals surface area contributed by atoms with Crippen molar-refractivity contribution in [1.29, 1.82) is 0 Å². The van der Waals surface area contributed by atoms with Crippen molar-refractivity contribution in [3.63, 3.8) is 0 Å². The number of nitrogens with one attached hydrogen (secondary N) is 1. The third-order valence-corrected chi connectivity index (χ3v) is 3.28. The van der Waals surface area contributed by atoms with E-state index in [9.17, 15) is 14.9 Å². The lowest BCUT2D eigenvalue weighted by molar-refractivity contribution is -0.384. The van der Waals surface area contributed by atoms with E-state index in [0.717, 1.165) is 0 Å². The van der Waals surface area contributed by atoms with E-state index in [1.54, 1.807) is 6.07 Å². The Balaban J connectivity index is 2.35. The molecule has 0 atom stereocenters. The summed E-state index contributed by atoms with van der Waals surface area (Å²) < 4.78 is 0.605. The van der Waals surface area contributed by atoms with Crippen LogP contribution in [0.2, 0.25) is 10.2 Å². The molecule has 21 heavy (non-hydrogen) atoms. The van der Waals surface area contributed by atoms with Crippen molar-refractivity contribution in [2.45, 2.75) is 0 Å². The number of nitro groups is 1. The molecule has 108 valence electrons. The summed E-state index contributed by atoms with van der Waals surface area (Å²) in [4.78, 5) is 26.1. The van der Waals surface area contributed by atoms with E-state index >= 15 is 0 Å². The second kappa shape index (κ2) is 6.38. The largest absolute Gasteiger partial charge is 0.311 e. The maximum absolute atomic E-state index is 12.1. The van der Waals surface area contributed by atoms with Crippen molar-refractivity contribution in [2.24, 2.45) is 0 Å². The van der Waals surface area contributed by atoms with Gasteiger partial charge in [-0.1, -0.05) is 39.1 Å². The zero-order valence-corrected chi connectivity index (χ0v) is 13.2. The topological polar surface area (TPSA) is 85.1 Å². The van der Waals surface area contributed by atoms with Gasteiger partial charge in [0.25, 0.3) is 5.91 Å². The number of rotatable bonds is 3. The Morgan fingerprint density at radius 3 is 2.62 bits per heavy atom. The molecule has 1 heterocycles.